The van der Waals surface area contributed by atoms with Crippen molar-refractivity contribution in [1.82, 2.24) is 8.75 Å². The van der Waals surface area contributed by atoms with Gasteiger partial charge < -0.3 is 4.74 Å². The fourth-order valence-electron chi connectivity index (χ4n) is 0.943. The minimum atomic E-state index is -0.405. The summed E-state index contributed by atoms with van der Waals surface area (Å²) in [6.07, 6.45) is 0. The number of hydrogen-bond acceptors (Lipinski definition) is 4. The maximum absolute atomic E-state index is 13.0. The molecular formula is C7H5FN2OS. The summed E-state index contributed by atoms with van der Waals surface area (Å²) in [5, 5.41) is 0. The van der Waals surface area contributed by atoms with Crippen molar-refractivity contribution < 1.29 is 9.13 Å². The third-order valence-electron chi connectivity index (χ3n) is 1.53. The summed E-state index contributed by atoms with van der Waals surface area (Å²) >= 11 is 1.06. The molecule has 1 heterocycles. The molecule has 2 aromatic rings. The van der Waals surface area contributed by atoms with E-state index in [4.69, 9.17) is 4.74 Å². The van der Waals surface area contributed by atoms with Gasteiger partial charge in [-0.25, -0.2) is 4.39 Å². The molecule has 5 heteroatoms. The van der Waals surface area contributed by atoms with E-state index >= 15 is 0 Å². The van der Waals surface area contributed by atoms with E-state index in [0.717, 1.165) is 11.7 Å². The molecule has 0 spiro atoms. The topological polar surface area (TPSA) is 35.0 Å². The lowest BCUT2D eigenvalue weighted by Crippen LogP contribution is -1.87. The van der Waals surface area contributed by atoms with Crippen LogP contribution in [0.4, 0.5) is 4.39 Å². The first-order valence-electron chi connectivity index (χ1n) is 3.27. The molecule has 1 aromatic carbocycles. The Morgan fingerprint density at radius 3 is 2.67 bits per heavy atom. The van der Waals surface area contributed by atoms with Crippen molar-refractivity contribution >= 4 is 22.8 Å². The standard InChI is InChI=1S/C7H5FN2OS/c1-11-7-3-6-5(2-4(7)8)9-12-10-6/h2-3H,1H3. The maximum Gasteiger partial charge on any atom is 0.167 e. The molecule has 0 unspecified atom stereocenters. The summed E-state index contributed by atoms with van der Waals surface area (Å²) in [7, 11) is 1.42. The van der Waals surface area contributed by atoms with E-state index in [1.165, 1.54) is 19.2 Å². The van der Waals surface area contributed by atoms with Gasteiger partial charge in [0.05, 0.1) is 18.8 Å². The highest BCUT2D eigenvalue weighted by Gasteiger charge is 2.06. The highest BCUT2D eigenvalue weighted by atomic mass is 32.1. The number of fused-ring (bicyclic) bond motifs is 1. The molecule has 0 saturated carbocycles. The SMILES string of the molecule is COc1cc2nsnc2cc1F. The van der Waals surface area contributed by atoms with E-state index in [2.05, 4.69) is 8.75 Å². The zero-order valence-corrected chi connectivity index (χ0v) is 7.06. The van der Waals surface area contributed by atoms with Crippen LogP contribution in [0.25, 0.3) is 11.0 Å². The summed E-state index contributed by atoms with van der Waals surface area (Å²) < 4.78 is 25.6. The zero-order chi connectivity index (χ0) is 8.55. The molecule has 0 amide bonds. The lowest BCUT2D eigenvalue weighted by atomic mass is 10.3. The molecule has 2 rings (SSSR count). The van der Waals surface area contributed by atoms with Gasteiger partial charge >= 0.3 is 0 Å². The molecule has 0 aliphatic heterocycles. The van der Waals surface area contributed by atoms with Crippen molar-refractivity contribution in [3.8, 4) is 5.75 Å². The normalized spacial score (nSPS) is 10.5. The van der Waals surface area contributed by atoms with Crippen molar-refractivity contribution in [3.05, 3.63) is 17.9 Å². The molecule has 0 aliphatic rings. The molecule has 62 valence electrons. The molecule has 0 aliphatic carbocycles. The van der Waals surface area contributed by atoms with Gasteiger partial charge in [-0.1, -0.05) is 0 Å². The van der Waals surface area contributed by atoms with Crippen molar-refractivity contribution in [3.63, 3.8) is 0 Å². The predicted octanol–water partition coefficient (Wildman–Crippen LogP) is 1.84. The van der Waals surface area contributed by atoms with Crippen LogP contribution in [0.1, 0.15) is 0 Å². The summed E-state index contributed by atoms with van der Waals surface area (Å²) in [5.41, 5.74) is 1.23. The van der Waals surface area contributed by atoms with Crippen LogP contribution >= 0.6 is 11.7 Å². The fourth-order valence-corrected chi connectivity index (χ4v) is 1.45. The second-order valence-corrected chi connectivity index (χ2v) is 2.77. The average Bonchev–Trinajstić information content (AvgIpc) is 2.49. The largest absolute Gasteiger partial charge is 0.494 e. The van der Waals surface area contributed by atoms with Crippen LogP contribution in [0, 0.1) is 5.82 Å². The molecule has 0 atom stereocenters. The van der Waals surface area contributed by atoms with Gasteiger partial charge in [0.1, 0.15) is 11.0 Å². The van der Waals surface area contributed by atoms with Crippen molar-refractivity contribution in [1.29, 1.82) is 0 Å². The van der Waals surface area contributed by atoms with Gasteiger partial charge in [0.15, 0.2) is 11.6 Å². The number of halogens is 1. The predicted molar refractivity (Wildman–Crippen MR) is 43.9 cm³/mol. The Bertz CT molecular complexity index is 415. The van der Waals surface area contributed by atoms with Crippen molar-refractivity contribution in [2.45, 2.75) is 0 Å². The zero-order valence-electron chi connectivity index (χ0n) is 6.24. The highest BCUT2D eigenvalue weighted by molar-refractivity contribution is 7.00. The van der Waals surface area contributed by atoms with E-state index in [1.54, 1.807) is 0 Å². The first-order chi connectivity index (χ1) is 5.81. The van der Waals surface area contributed by atoms with Crippen LogP contribution in [-0.2, 0) is 0 Å². The van der Waals surface area contributed by atoms with Gasteiger partial charge in [-0.2, -0.15) is 8.75 Å². The van der Waals surface area contributed by atoms with Gasteiger partial charge in [-0.05, 0) is 0 Å². The summed E-state index contributed by atoms with van der Waals surface area (Å²) in [5.74, 6) is -0.201. The van der Waals surface area contributed by atoms with Gasteiger partial charge in [0.25, 0.3) is 0 Å². The van der Waals surface area contributed by atoms with Gasteiger partial charge in [-0.3, -0.25) is 0 Å². The smallest absolute Gasteiger partial charge is 0.167 e. The van der Waals surface area contributed by atoms with Crippen LogP contribution in [0.2, 0.25) is 0 Å². The van der Waals surface area contributed by atoms with Crippen LogP contribution in [-0.4, -0.2) is 15.9 Å². The van der Waals surface area contributed by atoms with Crippen LogP contribution in [0.15, 0.2) is 12.1 Å². The molecule has 1 aromatic heterocycles. The van der Waals surface area contributed by atoms with Crippen LogP contribution < -0.4 is 4.74 Å². The Hall–Kier alpha value is -1.23. The van der Waals surface area contributed by atoms with Crippen molar-refractivity contribution in [2.75, 3.05) is 7.11 Å². The first kappa shape index (κ1) is 7.42. The highest BCUT2D eigenvalue weighted by Crippen LogP contribution is 2.22. The number of methoxy groups -OCH3 is 1. The number of hydrogen-bond donors (Lipinski definition) is 0. The fraction of sp³-hybridized carbons (Fsp3) is 0.143. The Kier molecular flexibility index (Phi) is 1.65. The van der Waals surface area contributed by atoms with Crippen LogP contribution in [0.5, 0.6) is 5.75 Å². The van der Waals surface area contributed by atoms with E-state index in [1.807, 2.05) is 0 Å². The summed E-state index contributed by atoms with van der Waals surface area (Å²) in [4.78, 5) is 0. The molecule has 0 fully saturated rings. The Morgan fingerprint density at radius 2 is 2.00 bits per heavy atom. The number of rotatable bonds is 1. The van der Waals surface area contributed by atoms with Crippen LogP contribution in [0.3, 0.4) is 0 Å². The third-order valence-corrected chi connectivity index (χ3v) is 2.08. The maximum atomic E-state index is 13.0. The molecule has 12 heavy (non-hydrogen) atoms. The average molecular weight is 184 g/mol. The van der Waals surface area contributed by atoms with E-state index in [0.29, 0.717) is 11.0 Å². The lowest BCUT2D eigenvalue weighted by Gasteiger charge is -1.98. The second-order valence-electron chi connectivity index (χ2n) is 2.24. The van der Waals surface area contributed by atoms with Gasteiger partial charge in [0, 0.05) is 12.1 Å². The second kappa shape index (κ2) is 2.67. The van der Waals surface area contributed by atoms with Crippen molar-refractivity contribution in [2.24, 2.45) is 0 Å². The molecule has 0 N–H and O–H groups in total. The Balaban J connectivity index is 2.73. The first-order valence-corrected chi connectivity index (χ1v) is 4.00. The quantitative estimate of drug-likeness (QED) is 0.678. The monoisotopic (exact) mass is 184 g/mol. The van der Waals surface area contributed by atoms with Gasteiger partial charge in [0.2, 0.25) is 0 Å². The van der Waals surface area contributed by atoms with E-state index < -0.39 is 5.82 Å². The Labute approximate surface area is 72.1 Å². The minimum absolute atomic E-state index is 0.204. The summed E-state index contributed by atoms with van der Waals surface area (Å²) in [6.45, 7) is 0. The summed E-state index contributed by atoms with van der Waals surface area (Å²) in [6, 6.07) is 2.85. The molecule has 0 radical (unpaired) electrons. The number of ether oxygens (including phenoxy) is 1. The number of benzene rings is 1. The number of nitrogens with zero attached hydrogens (tertiary/aromatic N) is 2. The number of aromatic nitrogens is 2. The van der Waals surface area contributed by atoms with Gasteiger partial charge in [-0.15, -0.1) is 0 Å². The molecule has 3 nitrogen and oxygen atoms in total. The van der Waals surface area contributed by atoms with E-state index in [-0.39, 0.29) is 5.75 Å². The third kappa shape index (κ3) is 1.02. The Morgan fingerprint density at radius 1 is 1.33 bits per heavy atom. The lowest BCUT2D eigenvalue weighted by molar-refractivity contribution is 0.387. The minimum Gasteiger partial charge on any atom is -0.494 e. The molecule has 0 bridgehead atoms. The molecule has 0 saturated heterocycles. The van der Waals surface area contributed by atoms with E-state index in [9.17, 15) is 4.39 Å². The molecular weight excluding hydrogens is 179 g/mol.